The number of nitrogens with one attached hydrogen (secondary N) is 8. The zero-order valence-electron chi connectivity index (χ0n) is 40.5. The third kappa shape index (κ3) is 14.4. The van der Waals surface area contributed by atoms with E-state index < -0.39 is 30.0 Å². The Hall–Kier alpha value is 0.600. The average molecular weight is 965 g/mol. The molecule has 9 aliphatic rings. The third-order valence-electron chi connectivity index (χ3n) is 16.8. The Kier molecular flexibility index (Phi) is 19.1. The van der Waals surface area contributed by atoms with Crippen LogP contribution in [0.2, 0.25) is 0 Å². The molecule has 1 heterocycles. The largest absolute Gasteiger partial charge is 0.250 e. The van der Waals surface area contributed by atoms with Gasteiger partial charge in [0.1, 0.15) is 0 Å². The van der Waals surface area contributed by atoms with Crippen molar-refractivity contribution in [1.82, 2.24) is 40.7 Å². The van der Waals surface area contributed by atoms with Gasteiger partial charge in [-0.05, 0) is 103 Å². The van der Waals surface area contributed by atoms with Crippen LogP contribution in [0.4, 0.5) is 0 Å². The minimum atomic E-state index is -2.88. The molecule has 0 atom stereocenters. The Balaban J connectivity index is 1.33. The van der Waals surface area contributed by atoms with Gasteiger partial charge in [0.05, 0.1) is 0 Å². The number of rotatable bonds is 16. The van der Waals surface area contributed by atoms with Crippen molar-refractivity contribution < 1.29 is 0 Å². The van der Waals surface area contributed by atoms with E-state index in [0.717, 1.165) is 0 Å². The fraction of sp³-hybridized carbons (Fsp3) is 1.00. The normalized spacial score (nSPS) is 30.2. The predicted molar refractivity (Wildman–Crippen MR) is 277 cm³/mol. The highest BCUT2D eigenvalue weighted by Crippen LogP contribution is 2.73. The molecule has 1 aliphatic heterocycles. The molecule has 16 heteroatoms. The summed E-state index contributed by atoms with van der Waals surface area (Å²) in [5.41, 5.74) is 0. The molecule has 0 aromatic rings. The lowest BCUT2D eigenvalue weighted by Crippen LogP contribution is -2.43. The molecule has 0 unspecified atom stereocenters. The van der Waals surface area contributed by atoms with E-state index in [2.05, 4.69) is 40.7 Å². The minimum absolute atomic E-state index is 0.405. The summed E-state index contributed by atoms with van der Waals surface area (Å²) in [4.78, 5) is 0. The van der Waals surface area contributed by atoms with Crippen LogP contribution in [-0.4, -0.2) is 48.3 Å². The molecule has 64 heavy (non-hydrogen) atoms. The van der Waals surface area contributed by atoms with E-state index in [1.807, 2.05) is 0 Å². The minimum Gasteiger partial charge on any atom is -0.250 e. The molecule has 0 spiro atoms. The maximum Gasteiger partial charge on any atom is 0.216 e. The van der Waals surface area contributed by atoms with Crippen LogP contribution >= 0.6 is 30.0 Å². The quantitative estimate of drug-likeness (QED) is 0.0714. The molecule has 8 fully saturated rings. The summed E-state index contributed by atoms with van der Waals surface area (Å²) < 4.78 is 26.9. The first kappa shape index (κ1) is 49.6. The Labute approximate surface area is 392 Å². The van der Waals surface area contributed by atoms with Crippen LogP contribution in [-0.2, 0) is 0 Å². The van der Waals surface area contributed by atoms with Crippen molar-refractivity contribution >= 4 is 30.0 Å². The molecular formula is C48H96N12P4. The van der Waals surface area contributed by atoms with Crippen LogP contribution in [0, 0.1) is 0 Å². The van der Waals surface area contributed by atoms with Crippen molar-refractivity contribution in [2.24, 2.45) is 18.1 Å². The molecule has 0 saturated heterocycles. The summed E-state index contributed by atoms with van der Waals surface area (Å²) in [6.07, 6.45) is 50.9. The van der Waals surface area contributed by atoms with E-state index in [4.69, 9.17) is 18.1 Å². The topological polar surface area (TPSA) is 146 Å². The first-order valence-corrected chi connectivity index (χ1v) is 35.0. The second kappa shape index (κ2) is 24.6. The molecular weight excluding hydrogens is 869 g/mol. The number of hydrogen-bond donors (Lipinski definition) is 8. The molecule has 0 radical (unpaired) electrons. The van der Waals surface area contributed by atoms with Crippen molar-refractivity contribution in [3.05, 3.63) is 0 Å². The molecule has 0 aromatic heterocycles. The van der Waals surface area contributed by atoms with Gasteiger partial charge in [-0.2, -0.15) is 18.1 Å². The second-order valence-corrected chi connectivity index (χ2v) is 32.2. The van der Waals surface area contributed by atoms with Gasteiger partial charge >= 0.3 is 0 Å². The molecule has 8 aliphatic carbocycles. The Morgan fingerprint density at radius 2 is 0.281 bits per heavy atom. The first-order valence-electron chi connectivity index (χ1n) is 28.2. The molecule has 368 valence electrons. The predicted octanol–water partition coefficient (Wildman–Crippen LogP) is 15.2. The van der Waals surface area contributed by atoms with Crippen molar-refractivity contribution in [2.45, 2.75) is 305 Å². The Morgan fingerprint density at radius 3 is 0.391 bits per heavy atom. The van der Waals surface area contributed by atoms with Crippen molar-refractivity contribution in [3.63, 3.8) is 0 Å². The van der Waals surface area contributed by atoms with Crippen LogP contribution < -0.4 is 40.7 Å². The molecule has 8 N–H and O–H groups in total. The van der Waals surface area contributed by atoms with Crippen molar-refractivity contribution in [1.29, 1.82) is 0 Å². The summed E-state index contributed by atoms with van der Waals surface area (Å²) >= 11 is 0. The fourth-order valence-corrected chi connectivity index (χ4v) is 30.9. The summed E-state index contributed by atoms with van der Waals surface area (Å²) in [6, 6.07) is 3.24. The van der Waals surface area contributed by atoms with Crippen molar-refractivity contribution in [2.75, 3.05) is 0 Å². The highest BCUT2D eigenvalue weighted by Gasteiger charge is 2.44. The van der Waals surface area contributed by atoms with Crippen LogP contribution in [0.5, 0.6) is 0 Å². The highest BCUT2D eigenvalue weighted by atomic mass is 31.3. The molecule has 8 saturated carbocycles. The third-order valence-corrected chi connectivity index (χ3v) is 30.9. The van der Waals surface area contributed by atoms with E-state index in [1.54, 1.807) is 0 Å². The van der Waals surface area contributed by atoms with Gasteiger partial charge < -0.3 is 0 Å². The van der Waals surface area contributed by atoms with Crippen LogP contribution in [0.15, 0.2) is 18.1 Å². The maximum atomic E-state index is 6.72. The van der Waals surface area contributed by atoms with E-state index in [0.29, 0.717) is 48.3 Å². The Bertz CT molecular complexity index is 1280. The lowest BCUT2D eigenvalue weighted by molar-refractivity contribution is 0.399. The van der Waals surface area contributed by atoms with E-state index in [-0.39, 0.29) is 0 Å². The standard InChI is InChI=1S/C48H96N12P4/c1-9-25-41(26-10-1)49-61(50-42-27-11-2-12-28-42)57-62(51-43-29-13-3-14-30-43,52-44-31-15-4-16-32-44)59-64(55-47-37-21-7-22-38-47,56-48-39-23-8-24-40-48)60-63(58-61,53-45-33-17-5-18-34-45)54-46-35-19-6-20-36-46/h41-56H,1-40H2. The monoisotopic (exact) mass is 965 g/mol. The SMILES string of the molecule is C1CCC(NP2(NC3CCCCC3)=NP(NC3CCCCC3)(NC3CCCCC3)=NP(NC3CCCCC3)(NC3CCCCC3)=NP(NC3CCCCC3)(NC3CCCCC3)=N2)CC1. The van der Waals surface area contributed by atoms with E-state index in [9.17, 15) is 0 Å². The molecule has 0 amide bonds. The van der Waals surface area contributed by atoms with Gasteiger partial charge in [-0.25, -0.2) is 0 Å². The van der Waals surface area contributed by atoms with Crippen LogP contribution in [0.25, 0.3) is 0 Å². The van der Waals surface area contributed by atoms with Gasteiger partial charge in [-0.15, -0.1) is 0 Å². The summed E-state index contributed by atoms with van der Waals surface area (Å²) in [7, 11) is -11.5. The number of hydrogen-bond acceptors (Lipinski definition) is 12. The molecule has 0 bridgehead atoms. The molecule has 9 rings (SSSR count). The highest BCUT2D eigenvalue weighted by molar-refractivity contribution is 7.84. The van der Waals surface area contributed by atoms with Crippen molar-refractivity contribution in [3.8, 4) is 0 Å². The fourth-order valence-electron chi connectivity index (χ4n) is 13.3. The first-order chi connectivity index (χ1) is 31.5. The van der Waals surface area contributed by atoms with Gasteiger partial charge in [0.15, 0.2) is 0 Å². The van der Waals surface area contributed by atoms with Gasteiger partial charge in [0.25, 0.3) is 0 Å². The van der Waals surface area contributed by atoms with Crippen LogP contribution in [0.3, 0.4) is 0 Å². The summed E-state index contributed by atoms with van der Waals surface area (Å²) in [5.74, 6) is 0. The second-order valence-electron chi connectivity index (χ2n) is 22.5. The summed E-state index contributed by atoms with van der Waals surface area (Å²) in [5, 5.41) is 36.4. The van der Waals surface area contributed by atoms with Gasteiger partial charge in [0.2, 0.25) is 30.0 Å². The van der Waals surface area contributed by atoms with Crippen LogP contribution in [0.1, 0.15) is 257 Å². The number of nitrogens with zero attached hydrogens (tertiary/aromatic N) is 4. The lowest BCUT2D eigenvalue weighted by Gasteiger charge is -2.45. The smallest absolute Gasteiger partial charge is 0.216 e. The van der Waals surface area contributed by atoms with E-state index >= 15 is 0 Å². The van der Waals surface area contributed by atoms with Gasteiger partial charge in [0, 0.05) is 48.3 Å². The maximum absolute atomic E-state index is 6.72. The van der Waals surface area contributed by atoms with Gasteiger partial charge in [-0.1, -0.05) is 154 Å². The summed E-state index contributed by atoms with van der Waals surface area (Å²) in [6.45, 7) is 0. The lowest BCUT2D eigenvalue weighted by atomic mass is 9.96. The Morgan fingerprint density at radius 1 is 0.172 bits per heavy atom. The van der Waals surface area contributed by atoms with E-state index in [1.165, 1.54) is 257 Å². The molecule has 0 aromatic carbocycles. The zero-order valence-corrected chi connectivity index (χ0v) is 44.1. The zero-order chi connectivity index (χ0) is 43.4. The van der Waals surface area contributed by atoms with Gasteiger partial charge in [-0.3, -0.25) is 40.7 Å². The molecule has 12 nitrogen and oxygen atoms in total. The average Bonchev–Trinajstić information content (AvgIpc) is 3.31.